The highest BCUT2D eigenvalue weighted by Crippen LogP contribution is 2.30. The van der Waals surface area contributed by atoms with E-state index in [1.165, 1.54) is 11.3 Å². The number of thiazole rings is 1. The molecule has 0 unspecified atom stereocenters. The van der Waals surface area contributed by atoms with Gasteiger partial charge in [-0.05, 0) is 30.3 Å². The van der Waals surface area contributed by atoms with Gasteiger partial charge in [-0.1, -0.05) is 23.5 Å². The van der Waals surface area contributed by atoms with Gasteiger partial charge in [0.2, 0.25) is 0 Å². The summed E-state index contributed by atoms with van der Waals surface area (Å²) >= 11 is 1.53. The Morgan fingerprint density at radius 3 is 2.69 bits per heavy atom. The molecule has 0 bridgehead atoms. The lowest BCUT2D eigenvalue weighted by Gasteiger charge is -2.23. The minimum absolute atomic E-state index is 0.106. The maximum Gasteiger partial charge on any atom is 0.251 e. The predicted octanol–water partition coefficient (Wildman–Crippen LogP) is 2.72. The summed E-state index contributed by atoms with van der Waals surface area (Å²) in [6.45, 7) is 2.08. The number of carbonyl (C=O) groups excluding carboxylic acids is 2. The van der Waals surface area contributed by atoms with E-state index >= 15 is 0 Å². The Morgan fingerprint density at radius 2 is 1.94 bits per heavy atom. The maximum absolute atomic E-state index is 12.6. The largest absolute Gasteiger partial charge is 0.376 e. The van der Waals surface area contributed by atoms with Crippen LogP contribution >= 0.6 is 11.3 Å². The average Bonchev–Trinajstić information content (AvgIpc) is 3.40. The molecule has 164 valence electrons. The Hall–Kier alpha value is -3.27. The quantitative estimate of drug-likeness (QED) is 0.488. The van der Waals surface area contributed by atoms with Crippen LogP contribution in [0.1, 0.15) is 20.7 Å². The monoisotopic (exact) mass is 450 g/mol. The van der Waals surface area contributed by atoms with E-state index < -0.39 is 0 Å². The Labute approximate surface area is 188 Å². The van der Waals surface area contributed by atoms with Crippen molar-refractivity contribution in [1.29, 1.82) is 0 Å². The summed E-state index contributed by atoms with van der Waals surface area (Å²) < 4.78 is 13.9. The molecule has 1 aliphatic heterocycles. The Bertz CT molecular complexity index is 1290. The van der Waals surface area contributed by atoms with E-state index in [2.05, 4.69) is 10.6 Å². The molecule has 2 aromatic carbocycles. The van der Waals surface area contributed by atoms with Crippen molar-refractivity contribution >= 4 is 38.3 Å². The van der Waals surface area contributed by atoms with Gasteiger partial charge in [0.25, 0.3) is 11.8 Å². The van der Waals surface area contributed by atoms with Crippen LogP contribution in [0.15, 0.2) is 48.7 Å². The fourth-order valence-corrected chi connectivity index (χ4v) is 4.73. The van der Waals surface area contributed by atoms with Crippen molar-refractivity contribution in [1.82, 2.24) is 20.0 Å². The summed E-state index contributed by atoms with van der Waals surface area (Å²) in [5, 5.41) is 5.54. The summed E-state index contributed by atoms with van der Waals surface area (Å²) in [4.78, 5) is 29.9. The average molecular weight is 451 g/mol. The highest BCUT2D eigenvalue weighted by atomic mass is 32.1. The van der Waals surface area contributed by atoms with E-state index in [0.717, 1.165) is 26.4 Å². The number of hydrogen-bond acceptors (Lipinski definition) is 6. The second-order valence-electron chi connectivity index (χ2n) is 7.50. The summed E-state index contributed by atoms with van der Waals surface area (Å²) in [6, 6.07) is 13.0. The van der Waals surface area contributed by atoms with Gasteiger partial charge in [-0.25, -0.2) is 4.98 Å². The minimum atomic E-state index is -0.135. The van der Waals surface area contributed by atoms with Crippen LogP contribution < -0.4 is 10.6 Å². The molecule has 1 atom stereocenters. The number of aromatic nitrogens is 2. The topological polar surface area (TPSA) is 94.0 Å². The van der Waals surface area contributed by atoms with Gasteiger partial charge < -0.3 is 20.1 Å². The second-order valence-corrected chi connectivity index (χ2v) is 8.51. The number of ether oxygens (including phenoxy) is 2. The molecule has 32 heavy (non-hydrogen) atoms. The van der Waals surface area contributed by atoms with E-state index in [9.17, 15) is 9.59 Å². The van der Waals surface area contributed by atoms with Crippen LogP contribution in [0.4, 0.5) is 0 Å². The smallest absolute Gasteiger partial charge is 0.251 e. The zero-order valence-electron chi connectivity index (χ0n) is 17.5. The molecule has 8 nitrogen and oxygen atoms in total. The van der Waals surface area contributed by atoms with Gasteiger partial charge in [0.1, 0.15) is 0 Å². The first-order chi connectivity index (χ1) is 15.6. The SMILES string of the molecule is CNC(=O)c1ccc(-c2cn3c(n2)sc2cc(C(=O)NC[C@H]4COCCO4)ccc23)cc1. The summed E-state index contributed by atoms with van der Waals surface area (Å²) in [6.07, 6.45) is 1.87. The van der Waals surface area contributed by atoms with Crippen molar-refractivity contribution < 1.29 is 19.1 Å². The zero-order chi connectivity index (χ0) is 22.1. The Kier molecular flexibility index (Phi) is 5.60. The Morgan fingerprint density at radius 1 is 1.12 bits per heavy atom. The maximum atomic E-state index is 12.6. The minimum Gasteiger partial charge on any atom is -0.376 e. The molecule has 9 heteroatoms. The van der Waals surface area contributed by atoms with Crippen LogP contribution in [0.25, 0.3) is 26.4 Å². The van der Waals surface area contributed by atoms with E-state index in [0.29, 0.717) is 37.5 Å². The number of imidazole rings is 1. The third-order valence-corrected chi connectivity index (χ3v) is 6.42. The standard InChI is InChI=1S/C23H22N4O4S/c1-24-21(28)15-4-2-14(3-5-15)18-12-27-19-7-6-16(10-20(19)32-23(27)26-18)22(29)25-11-17-13-30-8-9-31-17/h2-7,10,12,17H,8-9,11,13H2,1H3,(H,24,28)(H,25,29)/t17-/m0/s1. The lowest BCUT2D eigenvalue weighted by molar-refractivity contribution is -0.0855. The van der Waals surface area contributed by atoms with Gasteiger partial charge in [0.05, 0.1) is 41.8 Å². The molecule has 2 N–H and O–H groups in total. The zero-order valence-corrected chi connectivity index (χ0v) is 18.3. The first-order valence-corrected chi connectivity index (χ1v) is 11.2. The van der Waals surface area contributed by atoms with Gasteiger partial charge in [0, 0.05) is 36.5 Å². The molecule has 0 aliphatic carbocycles. The van der Waals surface area contributed by atoms with E-state index in [-0.39, 0.29) is 17.9 Å². The molecule has 1 saturated heterocycles. The van der Waals surface area contributed by atoms with Gasteiger partial charge in [-0.15, -0.1) is 0 Å². The normalized spacial score (nSPS) is 16.3. The van der Waals surface area contributed by atoms with Crippen molar-refractivity contribution in [2.75, 3.05) is 33.4 Å². The van der Waals surface area contributed by atoms with Gasteiger partial charge in [-0.3, -0.25) is 14.0 Å². The van der Waals surface area contributed by atoms with Crippen LogP contribution in [0.5, 0.6) is 0 Å². The molecule has 1 fully saturated rings. The molecule has 0 saturated carbocycles. The fourth-order valence-electron chi connectivity index (χ4n) is 3.68. The third kappa shape index (κ3) is 3.97. The van der Waals surface area contributed by atoms with Crippen molar-refractivity contribution in [3.63, 3.8) is 0 Å². The molecular formula is C23H22N4O4S. The number of fused-ring (bicyclic) bond motifs is 3. The van der Waals surface area contributed by atoms with E-state index in [1.54, 1.807) is 19.2 Å². The summed E-state index contributed by atoms with van der Waals surface area (Å²) in [5.74, 6) is -0.253. The van der Waals surface area contributed by atoms with Crippen molar-refractivity contribution in [2.45, 2.75) is 6.10 Å². The van der Waals surface area contributed by atoms with Gasteiger partial charge in [0.15, 0.2) is 4.96 Å². The molecule has 1 aliphatic rings. The highest BCUT2D eigenvalue weighted by molar-refractivity contribution is 7.23. The predicted molar refractivity (Wildman–Crippen MR) is 122 cm³/mol. The molecule has 5 rings (SSSR count). The summed E-state index contributed by atoms with van der Waals surface area (Å²) in [5.41, 5.74) is 3.97. The molecule has 2 amide bonds. The van der Waals surface area contributed by atoms with Crippen LogP contribution in [-0.2, 0) is 9.47 Å². The first kappa shape index (κ1) is 20.6. The Balaban J connectivity index is 1.35. The van der Waals surface area contributed by atoms with Crippen LogP contribution in [0.3, 0.4) is 0 Å². The lowest BCUT2D eigenvalue weighted by atomic mass is 10.1. The van der Waals surface area contributed by atoms with Crippen molar-refractivity contribution in [2.24, 2.45) is 0 Å². The number of benzene rings is 2. The van der Waals surface area contributed by atoms with Crippen molar-refractivity contribution in [3.05, 3.63) is 59.8 Å². The van der Waals surface area contributed by atoms with Crippen LogP contribution in [0, 0.1) is 0 Å². The fraction of sp³-hybridized carbons (Fsp3) is 0.261. The highest BCUT2D eigenvalue weighted by Gasteiger charge is 2.17. The number of amides is 2. The van der Waals surface area contributed by atoms with Crippen LogP contribution in [0.2, 0.25) is 0 Å². The first-order valence-electron chi connectivity index (χ1n) is 10.3. The molecular weight excluding hydrogens is 428 g/mol. The van der Waals surface area contributed by atoms with E-state index in [4.69, 9.17) is 14.5 Å². The molecule has 0 spiro atoms. The van der Waals surface area contributed by atoms with Crippen LogP contribution in [-0.4, -0.2) is 60.7 Å². The molecule has 3 heterocycles. The van der Waals surface area contributed by atoms with E-state index in [1.807, 2.05) is 40.9 Å². The molecule has 0 radical (unpaired) electrons. The summed E-state index contributed by atoms with van der Waals surface area (Å²) in [7, 11) is 1.61. The second kappa shape index (κ2) is 8.70. The van der Waals surface area contributed by atoms with Crippen molar-refractivity contribution in [3.8, 4) is 11.3 Å². The molecule has 2 aromatic heterocycles. The number of hydrogen-bond donors (Lipinski definition) is 2. The van der Waals surface area contributed by atoms with Gasteiger partial charge >= 0.3 is 0 Å². The van der Waals surface area contributed by atoms with Gasteiger partial charge in [-0.2, -0.15) is 0 Å². The third-order valence-electron chi connectivity index (χ3n) is 5.40. The number of nitrogens with zero attached hydrogens (tertiary/aromatic N) is 2. The molecule has 4 aromatic rings. The number of nitrogens with one attached hydrogen (secondary N) is 2. The number of carbonyl (C=O) groups is 2. The lowest BCUT2D eigenvalue weighted by Crippen LogP contribution is -2.39. The number of rotatable bonds is 5.